The third-order valence-electron chi connectivity index (χ3n) is 4.70. The molecule has 0 bridgehead atoms. The molecule has 20 heavy (non-hydrogen) atoms. The lowest BCUT2D eigenvalue weighted by Crippen LogP contribution is -2.45. The van der Waals surface area contributed by atoms with E-state index in [1.807, 2.05) is 0 Å². The Morgan fingerprint density at radius 1 is 1.20 bits per heavy atom. The highest BCUT2D eigenvalue weighted by atomic mass is 79.9. The Balaban J connectivity index is 2.21. The molecule has 3 heteroatoms. The third kappa shape index (κ3) is 3.76. The second kappa shape index (κ2) is 6.07. The van der Waals surface area contributed by atoms with E-state index in [0.29, 0.717) is 12.0 Å². The van der Waals surface area contributed by atoms with Gasteiger partial charge in [0.15, 0.2) is 0 Å². The maximum atomic E-state index is 6.15. The van der Waals surface area contributed by atoms with Crippen LogP contribution < -0.4 is 11.1 Å². The first-order valence-corrected chi connectivity index (χ1v) is 8.40. The first-order valence-electron chi connectivity index (χ1n) is 7.60. The zero-order valence-corrected chi connectivity index (χ0v) is 14.5. The maximum Gasteiger partial charge on any atom is 0.0496 e. The molecule has 1 saturated carbocycles. The van der Waals surface area contributed by atoms with Gasteiger partial charge < -0.3 is 11.1 Å². The molecule has 0 heterocycles. The minimum atomic E-state index is 0.0457. The molecule has 112 valence electrons. The van der Waals surface area contributed by atoms with Gasteiger partial charge in [0, 0.05) is 22.2 Å². The van der Waals surface area contributed by atoms with E-state index >= 15 is 0 Å². The van der Waals surface area contributed by atoms with Crippen LogP contribution in [0.2, 0.25) is 0 Å². The van der Waals surface area contributed by atoms with Crippen LogP contribution in [0.3, 0.4) is 0 Å². The van der Waals surface area contributed by atoms with Crippen molar-refractivity contribution < 1.29 is 0 Å². The quantitative estimate of drug-likeness (QED) is 0.772. The lowest BCUT2D eigenvalue weighted by molar-refractivity contribution is 0.305. The van der Waals surface area contributed by atoms with Crippen LogP contribution >= 0.6 is 15.9 Å². The standard InChI is InChI=1S/C17H27BrN2/c1-13-5-6-14(18)15(11-13)20-17(12-19)8-4-7-16(2,3)9-10-17/h5-6,11,20H,4,7-10,12,19H2,1-3H3. The fourth-order valence-corrected chi connectivity index (χ4v) is 3.48. The van der Waals surface area contributed by atoms with Crippen molar-refractivity contribution in [3.8, 4) is 0 Å². The maximum absolute atomic E-state index is 6.15. The van der Waals surface area contributed by atoms with Crippen molar-refractivity contribution in [2.24, 2.45) is 11.1 Å². The number of hydrogen-bond donors (Lipinski definition) is 2. The fraction of sp³-hybridized carbons (Fsp3) is 0.647. The summed E-state index contributed by atoms with van der Waals surface area (Å²) in [5, 5.41) is 3.76. The van der Waals surface area contributed by atoms with Gasteiger partial charge in [0.1, 0.15) is 0 Å². The van der Waals surface area contributed by atoms with Crippen molar-refractivity contribution in [3.05, 3.63) is 28.2 Å². The van der Waals surface area contributed by atoms with Gasteiger partial charge >= 0.3 is 0 Å². The van der Waals surface area contributed by atoms with Gasteiger partial charge in [0.05, 0.1) is 0 Å². The minimum Gasteiger partial charge on any atom is -0.377 e. The van der Waals surface area contributed by atoms with Gasteiger partial charge in [0.2, 0.25) is 0 Å². The van der Waals surface area contributed by atoms with E-state index in [9.17, 15) is 0 Å². The van der Waals surface area contributed by atoms with E-state index in [2.05, 4.69) is 60.2 Å². The molecule has 2 rings (SSSR count). The number of rotatable bonds is 3. The second-order valence-corrected chi connectivity index (χ2v) is 7.96. The SMILES string of the molecule is Cc1ccc(Br)c(NC2(CN)CCCC(C)(C)CC2)c1. The lowest BCUT2D eigenvalue weighted by Gasteiger charge is -2.35. The molecule has 1 aliphatic carbocycles. The molecular formula is C17H27BrN2. The van der Waals surface area contributed by atoms with Gasteiger partial charge in [-0.3, -0.25) is 0 Å². The van der Waals surface area contributed by atoms with Gasteiger partial charge in [-0.1, -0.05) is 26.3 Å². The molecule has 1 fully saturated rings. The fourth-order valence-electron chi connectivity index (χ4n) is 3.13. The van der Waals surface area contributed by atoms with Gasteiger partial charge in [-0.2, -0.15) is 0 Å². The summed E-state index contributed by atoms with van der Waals surface area (Å²) in [5.41, 5.74) is 9.10. The van der Waals surface area contributed by atoms with Crippen molar-refractivity contribution in [3.63, 3.8) is 0 Å². The predicted molar refractivity (Wildman–Crippen MR) is 91.2 cm³/mol. The van der Waals surface area contributed by atoms with Crippen molar-refractivity contribution in [2.45, 2.75) is 58.4 Å². The first kappa shape index (κ1) is 15.8. The Morgan fingerprint density at radius 3 is 2.65 bits per heavy atom. The summed E-state index contributed by atoms with van der Waals surface area (Å²) in [7, 11) is 0. The molecule has 1 atom stereocenters. The normalized spacial score (nSPS) is 26.1. The molecule has 0 radical (unpaired) electrons. The van der Waals surface area contributed by atoms with Crippen molar-refractivity contribution in [2.75, 3.05) is 11.9 Å². The van der Waals surface area contributed by atoms with E-state index in [0.717, 1.165) is 17.3 Å². The number of aryl methyl sites for hydroxylation is 1. The second-order valence-electron chi connectivity index (χ2n) is 7.11. The molecule has 0 aromatic heterocycles. The van der Waals surface area contributed by atoms with E-state index in [-0.39, 0.29) is 5.54 Å². The number of anilines is 1. The largest absolute Gasteiger partial charge is 0.377 e. The summed E-state index contributed by atoms with van der Waals surface area (Å²) >= 11 is 3.65. The molecule has 1 aliphatic rings. The van der Waals surface area contributed by atoms with Crippen LogP contribution in [0.1, 0.15) is 51.5 Å². The van der Waals surface area contributed by atoms with E-state index in [1.165, 1.54) is 30.5 Å². The topological polar surface area (TPSA) is 38.0 Å². The Bertz CT molecular complexity index is 470. The molecule has 0 saturated heterocycles. The summed E-state index contributed by atoms with van der Waals surface area (Å²) in [4.78, 5) is 0. The van der Waals surface area contributed by atoms with Gasteiger partial charge in [-0.05, 0) is 71.6 Å². The monoisotopic (exact) mass is 338 g/mol. The first-order chi connectivity index (χ1) is 9.36. The van der Waals surface area contributed by atoms with E-state index in [1.54, 1.807) is 0 Å². The van der Waals surface area contributed by atoms with Crippen molar-refractivity contribution in [1.29, 1.82) is 0 Å². The molecular weight excluding hydrogens is 312 g/mol. The van der Waals surface area contributed by atoms with Crippen LogP contribution in [0, 0.1) is 12.3 Å². The highest BCUT2D eigenvalue weighted by Gasteiger charge is 2.34. The van der Waals surface area contributed by atoms with Crippen LogP contribution in [0.5, 0.6) is 0 Å². The minimum absolute atomic E-state index is 0.0457. The van der Waals surface area contributed by atoms with Crippen LogP contribution in [-0.4, -0.2) is 12.1 Å². The summed E-state index contributed by atoms with van der Waals surface area (Å²) in [6, 6.07) is 6.45. The zero-order chi connectivity index (χ0) is 14.8. The average Bonchev–Trinajstić information content (AvgIpc) is 2.54. The summed E-state index contributed by atoms with van der Waals surface area (Å²) in [5.74, 6) is 0. The van der Waals surface area contributed by atoms with Crippen LogP contribution in [0.4, 0.5) is 5.69 Å². The number of halogens is 1. The predicted octanol–water partition coefficient (Wildman–Crippen LogP) is 4.86. The van der Waals surface area contributed by atoms with Crippen molar-refractivity contribution in [1.82, 2.24) is 0 Å². The summed E-state index contributed by atoms with van der Waals surface area (Å²) in [6.07, 6.45) is 6.09. The van der Waals surface area contributed by atoms with Gasteiger partial charge in [-0.25, -0.2) is 0 Å². The van der Waals surface area contributed by atoms with Gasteiger partial charge in [0.25, 0.3) is 0 Å². The van der Waals surface area contributed by atoms with Crippen LogP contribution in [-0.2, 0) is 0 Å². The number of nitrogens with two attached hydrogens (primary N) is 1. The zero-order valence-electron chi connectivity index (χ0n) is 12.9. The smallest absolute Gasteiger partial charge is 0.0496 e. The summed E-state index contributed by atoms with van der Waals surface area (Å²) in [6.45, 7) is 7.58. The number of benzene rings is 1. The highest BCUT2D eigenvalue weighted by Crippen LogP contribution is 2.40. The Morgan fingerprint density at radius 2 is 1.95 bits per heavy atom. The van der Waals surface area contributed by atoms with Gasteiger partial charge in [-0.15, -0.1) is 0 Å². The number of nitrogens with one attached hydrogen (secondary N) is 1. The molecule has 1 aromatic carbocycles. The Kier molecular flexibility index (Phi) is 4.80. The molecule has 1 unspecified atom stereocenters. The molecule has 1 aromatic rings. The van der Waals surface area contributed by atoms with Crippen LogP contribution in [0.25, 0.3) is 0 Å². The Hall–Kier alpha value is -0.540. The molecule has 3 N–H and O–H groups in total. The lowest BCUT2D eigenvalue weighted by atomic mass is 9.83. The summed E-state index contributed by atoms with van der Waals surface area (Å²) < 4.78 is 1.12. The van der Waals surface area contributed by atoms with Crippen molar-refractivity contribution >= 4 is 21.6 Å². The van der Waals surface area contributed by atoms with E-state index < -0.39 is 0 Å². The third-order valence-corrected chi connectivity index (χ3v) is 5.39. The van der Waals surface area contributed by atoms with Crippen LogP contribution in [0.15, 0.2) is 22.7 Å². The highest BCUT2D eigenvalue weighted by molar-refractivity contribution is 9.10. The molecule has 0 amide bonds. The molecule has 0 aliphatic heterocycles. The molecule has 0 spiro atoms. The number of hydrogen-bond acceptors (Lipinski definition) is 2. The average molecular weight is 339 g/mol. The van der Waals surface area contributed by atoms with E-state index in [4.69, 9.17) is 5.73 Å². The Labute approximate surface area is 131 Å². The molecule has 2 nitrogen and oxygen atoms in total.